The number of aromatic nitrogens is 1. The molecule has 0 aromatic carbocycles. The molecular formula is C18H25N3OS. The third-order valence-corrected chi connectivity index (χ3v) is 5.26. The monoisotopic (exact) mass is 331 g/mol. The SMILES string of the molecule is CN(C)CCn1c2c(ccc1=O)C[C@@H](NCc1ccsc1)CC2. The summed E-state index contributed by atoms with van der Waals surface area (Å²) in [5, 5.41) is 7.98. The summed E-state index contributed by atoms with van der Waals surface area (Å²) >= 11 is 1.74. The van der Waals surface area contributed by atoms with Crippen LogP contribution in [-0.2, 0) is 25.9 Å². The zero-order valence-corrected chi connectivity index (χ0v) is 14.7. The quantitative estimate of drug-likeness (QED) is 0.881. The van der Waals surface area contributed by atoms with Gasteiger partial charge in [0, 0.05) is 37.4 Å². The summed E-state index contributed by atoms with van der Waals surface area (Å²) in [5.41, 5.74) is 4.07. The van der Waals surface area contributed by atoms with Gasteiger partial charge in [-0.1, -0.05) is 6.07 Å². The summed E-state index contributed by atoms with van der Waals surface area (Å²) in [6, 6.07) is 6.44. The van der Waals surface area contributed by atoms with Gasteiger partial charge in [0.1, 0.15) is 0 Å². The number of nitrogens with zero attached hydrogens (tertiary/aromatic N) is 2. The van der Waals surface area contributed by atoms with E-state index in [0.29, 0.717) is 6.04 Å². The minimum Gasteiger partial charge on any atom is -0.311 e. The first-order valence-corrected chi connectivity index (χ1v) is 9.18. The summed E-state index contributed by atoms with van der Waals surface area (Å²) in [5.74, 6) is 0. The van der Waals surface area contributed by atoms with Crippen molar-refractivity contribution in [2.75, 3.05) is 20.6 Å². The predicted octanol–water partition coefficient (Wildman–Crippen LogP) is 2.12. The lowest BCUT2D eigenvalue weighted by molar-refractivity contribution is 0.370. The van der Waals surface area contributed by atoms with E-state index in [1.807, 2.05) is 24.7 Å². The molecule has 1 N–H and O–H groups in total. The van der Waals surface area contributed by atoms with Crippen LogP contribution < -0.4 is 10.9 Å². The Morgan fingerprint density at radius 3 is 2.96 bits per heavy atom. The van der Waals surface area contributed by atoms with E-state index < -0.39 is 0 Å². The summed E-state index contributed by atoms with van der Waals surface area (Å²) in [6.07, 6.45) is 3.10. The molecule has 0 bridgehead atoms. The fourth-order valence-electron chi connectivity index (χ4n) is 3.20. The first-order chi connectivity index (χ1) is 11.1. The molecule has 5 heteroatoms. The second-order valence-electron chi connectivity index (χ2n) is 6.55. The van der Waals surface area contributed by atoms with E-state index in [9.17, 15) is 4.79 Å². The van der Waals surface area contributed by atoms with Crippen molar-refractivity contribution in [1.29, 1.82) is 0 Å². The third-order valence-electron chi connectivity index (χ3n) is 4.53. The van der Waals surface area contributed by atoms with Gasteiger partial charge in [-0.3, -0.25) is 4.79 Å². The highest BCUT2D eigenvalue weighted by Crippen LogP contribution is 2.20. The second-order valence-corrected chi connectivity index (χ2v) is 7.33. The molecule has 0 unspecified atom stereocenters. The van der Waals surface area contributed by atoms with Crippen LogP contribution in [0.5, 0.6) is 0 Å². The zero-order chi connectivity index (χ0) is 16.2. The number of fused-ring (bicyclic) bond motifs is 1. The van der Waals surface area contributed by atoms with Crippen molar-refractivity contribution < 1.29 is 0 Å². The maximum absolute atomic E-state index is 12.2. The molecule has 2 aromatic rings. The number of nitrogens with one attached hydrogen (secondary N) is 1. The Bertz CT molecular complexity index is 691. The van der Waals surface area contributed by atoms with Gasteiger partial charge >= 0.3 is 0 Å². The molecule has 23 heavy (non-hydrogen) atoms. The van der Waals surface area contributed by atoms with Gasteiger partial charge in [0.05, 0.1) is 0 Å². The number of hydrogen-bond acceptors (Lipinski definition) is 4. The summed E-state index contributed by atoms with van der Waals surface area (Å²) < 4.78 is 1.98. The van der Waals surface area contributed by atoms with E-state index in [2.05, 4.69) is 27.0 Å². The molecule has 0 amide bonds. The molecule has 0 saturated heterocycles. The van der Waals surface area contributed by atoms with E-state index in [0.717, 1.165) is 38.9 Å². The van der Waals surface area contributed by atoms with E-state index in [4.69, 9.17) is 0 Å². The lowest BCUT2D eigenvalue weighted by Crippen LogP contribution is -2.37. The third kappa shape index (κ3) is 4.10. The largest absolute Gasteiger partial charge is 0.311 e. The Morgan fingerprint density at radius 1 is 1.35 bits per heavy atom. The van der Waals surface area contributed by atoms with Gasteiger partial charge in [-0.15, -0.1) is 0 Å². The van der Waals surface area contributed by atoms with E-state index in [1.54, 1.807) is 17.4 Å². The van der Waals surface area contributed by atoms with Crippen LogP contribution in [0.3, 0.4) is 0 Å². The number of thiophene rings is 1. The topological polar surface area (TPSA) is 37.3 Å². The maximum atomic E-state index is 12.2. The minimum absolute atomic E-state index is 0.135. The molecule has 2 aromatic heterocycles. The molecule has 0 fully saturated rings. The van der Waals surface area contributed by atoms with E-state index in [1.165, 1.54) is 16.8 Å². The van der Waals surface area contributed by atoms with Crippen LogP contribution in [0.1, 0.15) is 23.2 Å². The molecular weight excluding hydrogens is 306 g/mol. The van der Waals surface area contributed by atoms with Crippen molar-refractivity contribution in [3.63, 3.8) is 0 Å². The molecule has 1 atom stereocenters. The van der Waals surface area contributed by atoms with Crippen molar-refractivity contribution in [2.24, 2.45) is 0 Å². The lowest BCUT2D eigenvalue weighted by atomic mass is 9.91. The molecule has 2 heterocycles. The average Bonchev–Trinajstić information content (AvgIpc) is 3.05. The Balaban J connectivity index is 1.68. The van der Waals surface area contributed by atoms with Crippen LogP contribution in [0, 0.1) is 0 Å². The Hall–Kier alpha value is -1.43. The van der Waals surface area contributed by atoms with Gasteiger partial charge < -0.3 is 14.8 Å². The summed E-state index contributed by atoms with van der Waals surface area (Å²) in [7, 11) is 4.09. The van der Waals surface area contributed by atoms with Crippen molar-refractivity contribution >= 4 is 11.3 Å². The fourth-order valence-corrected chi connectivity index (χ4v) is 3.87. The smallest absolute Gasteiger partial charge is 0.250 e. The molecule has 0 aliphatic heterocycles. The van der Waals surface area contributed by atoms with Crippen LogP contribution in [0.4, 0.5) is 0 Å². The van der Waals surface area contributed by atoms with Gasteiger partial charge in [-0.2, -0.15) is 11.3 Å². The predicted molar refractivity (Wildman–Crippen MR) is 96.2 cm³/mol. The van der Waals surface area contributed by atoms with Gasteiger partial charge in [-0.25, -0.2) is 0 Å². The molecule has 4 nitrogen and oxygen atoms in total. The van der Waals surface area contributed by atoms with Crippen LogP contribution in [-0.4, -0.2) is 36.1 Å². The average molecular weight is 331 g/mol. The van der Waals surface area contributed by atoms with Gasteiger partial charge in [0.2, 0.25) is 0 Å². The van der Waals surface area contributed by atoms with Gasteiger partial charge in [0.25, 0.3) is 5.56 Å². The van der Waals surface area contributed by atoms with Crippen molar-refractivity contribution in [3.05, 3.63) is 56.1 Å². The molecule has 1 aliphatic rings. The summed E-state index contributed by atoms with van der Waals surface area (Å²) in [4.78, 5) is 14.3. The standard InChI is InChI=1S/C18H25N3OS/c1-20(2)8-9-21-17-5-4-16(11-15(17)3-6-18(21)22)19-12-14-7-10-23-13-14/h3,6-7,10,13,16,19H,4-5,8-9,11-12H2,1-2H3/t16-/m0/s1. The lowest BCUT2D eigenvalue weighted by Gasteiger charge is -2.28. The highest BCUT2D eigenvalue weighted by atomic mass is 32.1. The fraction of sp³-hybridized carbons (Fsp3) is 0.500. The molecule has 0 saturated carbocycles. The second kappa shape index (κ2) is 7.43. The number of hydrogen-bond donors (Lipinski definition) is 1. The Kier molecular flexibility index (Phi) is 5.30. The van der Waals surface area contributed by atoms with Crippen LogP contribution in [0.15, 0.2) is 33.8 Å². The molecule has 3 rings (SSSR count). The zero-order valence-electron chi connectivity index (χ0n) is 13.9. The van der Waals surface area contributed by atoms with Gasteiger partial charge in [-0.05, 0) is 61.3 Å². The van der Waals surface area contributed by atoms with Gasteiger partial charge in [0.15, 0.2) is 0 Å². The normalized spacial score (nSPS) is 17.4. The Labute approximate surface area is 141 Å². The molecule has 124 valence electrons. The maximum Gasteiger partial charge on any atom is 0.250 e. The first kappa shape index (κ1) is 16.4. The van der Waals surface area contributed by atoms with E-state index >= 15 is 0 Å². The highest BCUT2D eigenvalue weighted by Gasteiger charge is 2.21. The van der Waals surface area contributed by atoms with Crippen LogP contribution >= 0.6 is 11.3 Å². The number of likely N-dealkylation sites (N-methyl/N-ethyl adjacent to an activating group) is 1. The van der Waals surface area contributed by atoms with Crippen LogP contribution in [0.25, 0.3) is 0 Å². The number of rotatable bonds is 6. The first-order valence-electron chi connectivity index (χ1n) is 8.24. The summed E-state index contributed by atoms with van der Waals surface area (Å²) in [6.45, 7) is 2.61. The molecule has 0 radical (unpaired) electrons. The molecule has 0 spiro atoms. The van der Waals surface area contributed by atoms with Crippen molar-refractivity contribution in [3.8, 4) is 0 Å². The Morgan fingerprint density at radius 2 is 2.22 bits per heavy atom. The van der Waals surface area contributed by atoms with Crippen LogP contribution in [0.2, 0.25) is 0 Å². The minimum atomic E-state index is 0.135. The molecule has 1 aliphatic carbocycles. The highest BCUT2D eigenvalue weighted by molar-refractivity contribution is 7.07. The van der Waals surface area contributed by atoms with Crippen molar-refractivity contribution in [1.82, 2.24) is 14.8 Å². The van der Waals surface area contributed by atoms with Crippen molar-refractivity contribution in [2.45, 2.75) is 38.4 Å². The number of pyridine rings is 1. The van der Waals surface area contributed by atoms with E-state index in [-0.39, 0.29) is 5.56 Å².